The van der Waals surface area contributed by atoms with Crippen molar-refractivity contribution in [3.8, 4) is 0 Å². The number of rotatable bonds is 1. The first-order chi connectivity index (χ1) is 5.81. The molecular weight excluding hydrogens is 152 g/mol. The van der Waals surface area contributed by atoms with Crippen LogP contribution in [0.1, 0.15) is 26.2 Å². The molecule has 70 valence electrons. The zero-order valence-electron chi connectivity index (χ0n) is 7.73. The fraction of sp³-hybridized carbons (Fsp3) is 1.00. The highest BCUT2D eigenvalue weighted by molar-refractivity contribution is 4.92. The molecule has 0 aromatic rings. The fourth-order valence-corrected chi connectivity index (χ4v) is 2.16. The van der Waals surface area contributed by atoms with Crippen LogP contribution >= 0.6 is 0 Å². The second-order valence-electron chi connectivity index (χ2n) is 3.88. The van der Waals surface area contributed by atoms with Crippen LogP contribution < -0.4 is 10.6 Å². The molecular formula is C9H18N2O. The number of hydrogen-bond donors (Lipinski definition) is 2. The van der Waals surface area contributed by atoms with Crippen LogP contribution in [0, 0.1) is 0 Å². The van der Waals surface area contributed by atoms with E-state index >= 15 is 0 Å². The van der Waals surface area contributed by atoms with Crippen LogP contribution in [-0.2, 0) is 4.74 Å². The van der Waals surface area contributed by atoms with Crippen molar-refractivity contribution in [2.75, 3.05) is 19.7 Å². The largest absolute Gasteiger partial charge is 0.358 e. The van der Waals surface area contributed by atoms with Crippen molar-refractivity contribution in [3.63, 3.8) is 0 Å². The monoisotopic (exact) mass is 170 g/mol. The van der Waals surface area contributed by atoms with E-state index in [1.807, 2.05) is 0 Å². The molecule has 2 fully saturated rings. The van der Waals surface area contributed by atoms with Gasteiger partial charge in [0.05, 0.1) is 6.61 Å². The zero-order chi connectivity index (χ0) is 8.44. The van der Waals surface area contributed by atoms with Crippen molar-refractivity contribution in [1.82, 2.24) is 10.6 Å². The average Bonchev–Trinajstić information content (AvgIpc) is 2.55. The molecule has 3 nitrogen and oxygen atoms in total. The molecule has 2 aliphatic heterocycles. The first-order valence-corrected chi connectivity index (χ1v) is 4.94. The van der Waals surface area contributed by atoms with Crippen molar-refractivity contribution in [1.29, 1.82) is 0 Å². The molecule has 0 saturated carbocycles. The van der Waals surface area contributed by atoms with Gasteiger partial charge in [0.25, 0.3) is 0 Å². The summed E-state index contributed by atoms with van der Waals surface area (Å²) in [5, 5.41) is 6.93. The molecule has 2 unspecified atom stereocenters. The molecule has 3 heteroatoms. The molecule has 2 heterocycles. The van der Waals surface area contributed by atoms with E-state index in [9.17, 15) is 0 Å². The standard InChI is InChI=1S/C9H18N2O/c1-9(11-6-7-12-9)8-4-2-3-5-10-8/h8,10-11H,2-7H2,1H3. The SMILES string of the molecule is CC1(C2CCCCN2)NCCO1. The molecule has 2 atom stereocenters. The van der Waals surface area contributed by atoms with Gasteiger partial charge in [0.1, 0.15) is 5.72 Å². The average molecular weight is 170 g/mol. The topological polar surface area (TPSA) is 33.3 Å². The van der Waals surface area contributed by atoms with Crippen LogP contribution in [0.5, 0.6) is 0 Å². The number of hydrogen-bond acceptors (Lipinski definition) is 3. The van der Waals surface area contributed by atoms with Gasteiger partial charge in [0.2, 0.25) is 0 Å². The molecule has 2 saturated heterocycles. The van der Waals surface area contributed by atoms with Crippen LogP contribution in [0.25, 0.3) is 0 Å². The Balaban J connectivity index is 1.96. The van der Waals surface area contributed by atoms with Gasteiger partial charge in [-0.1, -0.05) is 6.42 Å². The molecule has 0 spiro atoms. The highest BCUT2D eigenvalue weighted by atomic mass is 16.5. The van der Waals surface area contributed by atoms with E-state index in [1.165, 1.54) is 19.3 Å². The summed E-state index contributed by atoms with van der Waals surface area (Å²) in [5.74, 6) is 0. The predicted octanol–water partition coefficient (Wildman–Crippen LogP) is 0.464. The van der Waals surface area contributed by atoms with Gasteiger partial charge in [-0.2, -0.15) is 0 Å². The van der Waals surface area contributed by atoms with Gasteiger partial charge >= 0.3 is 0 Å². The Morgan fingerprint density at radius 2 is 2.25 bits per heavy atom. The maximum absolute atomic E-state index is 5.71. The molecule has 0 bridgehead atoms. The van der Waals surface area contributed by atoms with Crippen LogP contribution in [0.4, 0.5) is 0 Å². The van der Waals surface area contributed by atoms with Crippen LogP contribution in [0.3, 0.4) is 0 Å². The summed E-state index contributed by atoms with van der Waals surface area (Å²) in [4.78, 5) is 0. The minimum atomic E-state index is -0.0968. The Morgan fingerprint density at radius 3 is 2.83 bits per heavy atom. The van der Waals surface area contributed by atoms with Gasteiger partial charge < -0.3 is 10.1 Å². The minimum absolute atomic E-state index is 0.0968. The Hall–Kier alpha value is -0.120. The Morgan fingerprint density at radius 1 is 1.33 bits per heavy atom. The normalized spacial score (nSPS) is 43.2. The van der Waals surface area contributed by atoms with Gasteiger partial charge in [-0.25, -0.2) is 0 Å². The summed E-state index contributed by atoms with van der Waals surface area (Å²) in [5.41, 5.74) is -0.0968. The van der Waals surface area contributed by atoms with Gasteiger partial charge in [0.15, 0.2) is 0 Å². The van der Waals surface area contributed by atoms with Crippen LogP contribution in [0.15, 0.2) is 0 Å². The lowest BCUT2D eigenvalue weighted by molar-refractivity contribution is -0.0320. The van der Waals surface area contributed by atoms with E-state index < -0.39 is 0 Å². The second-order valence-corrected chi connectivity index (χ2v) is 3.88. The fourth-order valence-electron chi connectivity index (χ4n) is 2.16. The molecule has 0 amide bonds. The van der Waals surface area contributed by atoms with Crippen molar-refractivity contribution in [2.24, 2.45) is 0 Å². The number of nitrogens with one attached hydrogen (secondary N) is 2. The Labute approximate surface area is 73.9 Å². The highest BCUT2D eigenvalue weighted by Crippen LogP contribution is 2.22. The van der Waals surface area contributed by atoms with E-state index in [0.29, 0.717) is 6.04 Å². The Bertz CT molecular complexity index is 149. The first-order valence-electron chi connectivity index (χ1n) is 4.94. The molecule has 2 N–H and O–H groups in total. The van der Waals surface area contributed by atoms with Gasteiger partial charge in [0, 0.05) is 12.6 Å². The molecule has 0 aliphatic carbocycles. The lowest BCUT2D eigenvalue weighted by atomic mass is 9.96. The van der Waals surface area contributed by atoms with Gasteiger partial charge in [-0.05, 0) is 26.3 Å². The molecule has 0 radical (unpaired) electrons. The third-order valence-corrected chi connectivity index (χ3v) is 2.96. The third-order valence-electron chi connectivity index (χ3n) is 2.96. The van der Waals surface area contributed by atoms with E-state index in [2.05, 4.69) is 17.6 Å². The van der Waals surface area contributed by atoms with E-state index in [0.717, 1.165) is 19.7 Å². The smallest absolute Gasteiger partial charge is 0.131 e. The molecule has 12 heavy (non-hydrogen) atoms. The zero-order valence-corrected chi connectivity index (χ0v) is 7.73. The summed E-state index contributed by atoms with van der Waals surface area (Å²) in [6.07, 6.45) is 3.88. The second kappa shape index (κ2) is 3.32. The van der Waals surface area contributed by atoms with Crippen molar-refractivity contribution >= 4 is 0 Å². The van der Waals surface area contributed by atoms with Gasteiger partial charge in [-0.15, -0.1) is 0 Å². The van der Waals surface area contributed by atoms with Crippen LogP contribution in [-0.4, -0.2) is 31.5 Å². The third kappa shape index (κ3) is 1.49. The number of ether oxygens (including phenoxy) is 1. The van der Waals surface area contributed by atoms with Crippen molar-refractivity contribution in [3.05, 3.63) is 0 Å². The minimum Gasteiger partial charge on any atom is -0.358 e. The maximum Gasteiger partial charge on any atom is 0.131 e. The van der Waals surface area contributed by atoms with Crippen molar-refractivity contribution in [2.45, 2.75) is 38.0 Å². The van der Waals surface area contributed by atoms with E-state index in [1.54, 1.807) is 0 Å². The van der Waals surface area contributed by atoms with E-state index in [4.69, 9.17) is 4.74 Å². The predicted molar refractivity (Wildman–Crippen MR) is 48.0 cm³/mol. The summed E-state index contributed by atoms with van der Waals surface area (Å²) in [6.45, 7) is 5.15. The molecule has 2 rings (SSSR count). The summed E-state index contributed by atoms with van der Waals surface area (Å²) < 4.78 is 5.71. The highest BCUT2D eigenvalue weighted by Gasteiger charge is 2.38. The quantitative estimate of drug-likeness (QED) is 0.600. The maximum atomic E-state index is 5.71. The molecule has 2 aliphatic rings. The lowest BCUT2D eigenvalue weighted by Gasteiger charge is -2.36. The summed E-state index contributed by atoms with van der Waals surface area (Å²) in [7, 11) is 0. The van der Waals surface area contributed by atoms with Crippen LogP contribution in [0.2, 0.25) is 0 Å². The first kappa shape index (κ1) is 8.48. The summed E-state index contributed by atoms with van der Waals surface area (Å²) >= 11 is 0. The Kier molecular flexibility index (Phi) is 2.35. The summed E-state index contributed by atoms with van der Waals surface area (Å²) in [6, 6.07) is 0.508. The van der Waals surface area contributed by atoms with Gasteiger partial charge in [-0.3, -0.25) is 5.32 Å². The number of piperidine rings is 1. The molecule has 0 aromatic carbocycles. The molecule has 0 aromatic heterocycles. The van der Waals surface area contributed by atoms with Crippen molar-refractivity contribution < 1.29 is 4.74 Å². The lowest BCUT2D eigenvalue weighted by Crippen LogP contribution is -2.57. The van der Waals surface area contributed by atoms with E-state index in [-0.39, 0.29) is 5.72 Å².